The van der Waals surface area contributed by atoms with E-state index in [-0.39, 0.29) is 17.1 Å². The third kappa shape index (κ3) is 8.14. The Morgan fingerprint density at radius 1 is 0.976 bits per heavy atom. The maximum Gasteiger partial charge on any atom is 0.237 e. The molecule has 3 aromatic carbocycles. The predicted molar refractivity (Wildman–Crippen MR) is 167 cm³/mol. The molecule has 0 aliphatic carbocycles. The highest BCUT2D eigenvalue weighted by molar-refractivity contribution is 5.83. The first-order chi connectivity index (χ1) is 19.5. The number of benzene rings is 3. The number of hydrogen-bond acceptors (Lipinski definition) is 4. The zero-order valence-corrected chi connectivity index (χ0v) is 25.4. The van der Waals surface area contributed by atoms with Gasteiger partial charge in [-0.3, -0.25) is 9.69 Å². The predicted octanol–water partition coefficient (Wildman–Crippen LogP) is 6.91. The average molecular weight is 556 g/mol. The van der Waals surface area contributed by atoms with Gasteiger partial charge in [-0.2, -0.15) is 0 Å². The number of nitrogens with one attached hydrogen (secondary N) is 1. The van der Waals surface area contributed by atoms with E-state index >= 15 is 0 Å². The van der Waals surface area contributed by atoms with E-state index in [2.05, 4.69) is 93.2 Å². The Kier molecular flexibility index (Phi) is 9.77. The highest BCUT2D eigenvalue weighted by Crippen LogP contribution is 2.27. The highest BCUT2D eigenvalue weighted by atomic mass is 16.5. The number of ether oxygens (including phenoxy) is 1. The minimum Gasteiger partial charge on any atom is -0.504 e. The SMILES string of the molecule is COc1cc(CN(CC(=O)N(CCc2c[nH]c3ccccc23)Cc2ccc(C(C)(C)C)cc2)CC(C)C)ccc1O. The molecule has 4 rings (SSSR count). The molecule has 0 aliphatic heterocycles. The largest absolute Gasteiger partial charge is 0.504 e. The molecular formula is C35H45N3O3. The van der Waals surface area contributed by atoms with Crippen molar-refractivity contribution in [3.63, 3.8) is 0 Å². The number of para-hydroxylation sites is 1. The third-order valence-electron chi connectivity index (χ3n) is 7.50. The van der Waals surface area contributed by atoms with Crippen LogP contribution < -0.4 is 4.74 Å². The summed E-state index contributed by atoms with van der Waals surface area (Å²) < 4.78 is 5.31. The van der Waals surface area contributed by atoms with Crippen LogP contribution in [0.3, 0.4) is 0 Å². The lowest BCUT2D eigenvalue weighted by Gasteiger charge is -2.29. The van der Waals surface area contributed by atoms with Gasteiger partial charge in [-0.15, -0.1) is 0 Å². The van der Waals surface area contributed by atoms with E-state index in [1.165, 1.54) is 16.5 Å². The van der Waals surface area contributed by atoms with Crippen LogP contribution in [-0.4, -0.2) is 52.5 Å². The number of phenolic OH excluding ortho intramolecular Hbond substituents is 1. The maximum absolute atomic E-state index is 14.0. The number of aromatic nitrogens is 1. The molecule has 1 aromatic heterocycles. The molecule has 0 radical (unpaired) electrons. The van der Waals surface area contributed by atoms with Crippen LogP contribution in [0.5, 0.6) is 11.5 Å². The van der Waals surface area contributed by atoms with Crippen molar-refractivity contribution in [3.05, 3.63) is 95.2 Å². The summed E-state index contributed by atoms with van der Waals surface area (Å²) in [7, 11) is 1.55. The van der Waals surface area contributed by atoms with Gasteiger partial charge in [0.25, 0.3) is 0 Å². The minimum absolute atomic E-state index is 0.0810. The molecule has 0 aliphatic rings. The topological polar surface area (TPSA) is 68.8 Å². The average Bonchev–Trinajstić information content (AvgIpc) is 3.34. The van der Waals surface area contributed by atoms with Crippen LogP contribution in [0.25, 0.3) is 10.9 Å². The molecule has 6 nitrogen and oxygen atoms in total. The summed E-state index contributed by atoms with van der Waals surface area (Å²) in [6.07, 6.45) is 2.84. The quantitative estimate of drug-likeness (QED) is 0.199. The van der Waals surface area contributed by atoms with Crippen LogP contribution in [0, 0.1) is 5.92 Å². The summed E-state index contributed by atoms with van der Waals surface area (Å²) in [5.74, 6) is 1.06. The molecule has 0 saturated heterocycles. The Balaban J connectivity index is 1.54. The van der Waals surface area contributed by atoms with E-state index in [1.807, 2.05) is 23.1 Å². The van der Waals surface area contributed by atoms with Gasteiger partial charge in [0.05, 0.1) is 13.7 Å². The second kappa shape index (κ2) is 13.3. The molecule has 1 amide bonds. The van der Waals surface area contributed by atoms with Gasteiger partial charge in [0.2, 0.25) is 5.91 Å². The van der Waals surface area contributed by atoms with Crippen molar-refractivity contribution < 1.29 is 14.6 Å². The lowest BCUT2D eigenvalue weighted by Crippen LogP contribution is -2.42. The molecule has 0 atom stereocenters. The lowest BCUT2D eigenvalue weighted by atomic mass is 9.87. The van der Waals surface area contributed by atoms with E-state index in [0.29, 0.717) is 37.8 Å². The van der Waals surface area contributed by atoms with E-state index in [0.717, 1.165) is 29.6 Å². The van der Waals surface area contributed by atoms with Gasteiger partial charge < -0.3 is 19.7 Å². The number of amides is 1. The molecule has 0 bridgehead atoms. The number of rotatable bonds is 12. The first-order valence-electron chi connectivity index (χ1n) is 14.5. The van der Waals surface area contributed by atoms with Crippen LogP contribution in [-0.2, 0) is 29.7 Å². The zero-order valence-electron chi connectivity index (χ0n) is 25.4. The number of nitrogens with zero attached hydrogens (tertiary/aromatic N) is 2. The Labute approximate surface area is 244 Å². The summed E-state index contributed by atoms with van der Waals surface area (Å²) >= 11 is 0. The molecular weight excluding hydrogens is 510 g/mol. The number of phenols is 1. The van der Waals surface area contributed by atoms with Crippen molar-refractivity contribution in [1.82, 2.24) is 14.8 Å². The fourth-order valence-electron chi connectivity index (χ4n) is 5.29. The molecule has 2 N–H and O–H groups in total. The van der Waals surface area contributed by atoms with Crippen LogP contribution >= 0.6 is 0 Å². The molecule has 218 valence electrons. The second-order valence-electron chi connectivity index (χ2n) is 12.4. The van der Waals surface area contributed by atoms with E-state index < -0.39 is 0 Å². The Hall–Kier alpha value is -3.77. The Morgan fingerprint density at radius 2 is 1.68 bits per heavy atom. The summed E-state index contributed by atoms with van der Waals surface area (Å²) in [6, 6.07) is 22.4. The number of carbonyl (C=O) groups is 1. The van der Waals surface area contributed by atoms with Crippen LogP contribution in [0.4, 0.5) is 0 Å². The summed E-state index contributed by atoms with van der Waals surface area (Å²) in [6.45, 7) is 13.9. The van der Waals surface area contributed by atoms with E-state index in [9.17, 15) is 9.90 Å². The number of hydrogen-bond donors (Lipinski definition) is 2. The van der Waals surface area contributed by atoms with Crippen molar-refractivity contribution >= 4 is 16.8 Å². The smallest absolute Gasteiger partial charge is 0.237 e. The van der Waals surface area contributed by atoms with Crippen LogP contribution in [0.15, 0.2) is 72.9 Å². The molecule has 0 unspecified atom stereocenters. The number of fused-ring (bicyclic) bond motifs is 1. The fourth-order valence-corrected chi connectivity index (χ4v) is 5.29. The Bertz CT molecular complexity index is 1430. The molecule has 0 saturated carbocycles. The van der Waals surface area contributed by atoms with Gasteiger partial charge in [-0.1, -0.05) is 83.1 Å². The molecule has 41 heavy (non-hydrogen) atoms. The monoisotopic (exact) mass is 555 g/mol. The summed E-state index contributed by atoms with van der Waals surface area (Å²) in [4.78, 5) is 21.5. The number of aromatic hydroxyl groups is 1. The number of aromatic amines is 1. The van der Waals surface area contributed by atoms with Crippen molar-refractivity contribution in [2.45, 2.75) is 59.5 Å². The zero-order chi connectivity index (χ0) is 29.6. The van der Waals surface area contributed by atoms with Gasteiger partial charge >= 0.3 is 0 Å². The van der Waals surface area contributed by atoms with Crippen LogP contribution in [0.2, 0.25) is 0 Å². The fraction of sp³-hybridized carbons (Fsp3) is 0.400. The van der Waals surface area contributed by atoms with Gasteiger partial charge in [0.1, 0.15) is 0 Å². The van der Waals surface area contributed by atoms with Gasteiger partial charge in [0.15, 0.2) is 11.5 Å². The van der Waals surface area contributed by atoms with Crippen molar-refractivity contribution in [2.24, 2.45) is 5.92 Å². The number of H-pyrrole nitrogens is 1. The summed E-state index contributed by atoms with van der Waals surface area (Å²) in [5, 5.41) is 11.2. The second-order valence-corrected chi connectivity index (χ2v) is 12.4. The lowest BCUT2D eigenvalue weighted by molar-refractivity contribution is -0.133. The normalized spacial score (nSPS) is 11.9. The van der Waals surface area contributed by atoms with Crippen molar-refractivity contribution in [1.29, 1.82) is 0 Å². The molecule has 4 aromatic rings. The third-order valence-corrected chi connectivity index (χ3v) is 7.50. The summed E-state index contributed by atoms with van der Waals surface area (Å²) in [5.41, 5.74) is 5.82. The first-order valence-corrected chi connectivity index (χ1v) is 14.5. The van der Waals surface area contributed by atoms with E-state index in [1.54, 1.807) is 13.2 Å². The number of carbonyl (C=O) groups excluding carboxylic acids is 1. The molecule has 1 heterocycles. The molecule has 6 heteroatoms. The van der Waals surface area contributed by atoms with Gasteiger partial charge in [-0.25, -0.2) is 0 Å². The minimum atomic E-state index is 0.0810. The van der Waals surface area contributed by atoms with E-state index in [4.69, 9.17) is 4.74 Å². The first kappa shape index (κ1) is 30.2. The van der Waals surface area contributed by atoms with Gasteiger partial charge in [-0.05, 0) is 58.2 Å². The van der Waals surface area contributed by atoms with Crippen molar-refractivity contribution in [3.8, 4) is 11.5 Å². The highest BCUT2D eigenvalue weighted by Gasteiger charge is 2.21. The number of methoxy groups -OCH3 is 1. The Morgan fingerprint density at radius 3 is 2.37 bits per heavy atom. The molecule has 0 spiro atoms. The maximum atomic E-state index is 14.0. The standard InChI is InChI=1S/C35H45N3O3/c1-25(2)21-37(22-27-13-16-32(39)33(19-27)41-6)24-34(40)38(23-26-11-14-29(15-12-26)35(3,4)5)18-17-28-20-36-31-10-8-7-9-30(28)31/h7-16,19-20,25,36,39H,17-18,21-24H2,1-6H3. The van der Waals surface area contributed by atoms with Crippen LogP contribution in [0.1, 0.15) is 56.9 Å². The van der Waals surface area contributed by atoms with Gasteiger partial charge in [0, 0.05) is 43.3 Å². The van der Waals surface area contributed by atoms with Crippen molar-refractivity contribution in [2.75, 3.05) is 26.7 Å². The molecule has 0 fully saturated rings.